The Morgan fingerprint density at radius 1 is 1.23 bits per heavy atom. The van der Waals surface area contributed by atoms with Crippen LogP contribution >= 0.6 is 11.6 Å². The number of ether oxygens (including phenoxy) is 2. The molecule has 0 fully saturated rings. The molecule has 0 aromatic heterocycles. The molecule has 155 valence electrons. The summed E-state index contributed by atoms with van der Waals surface area (Å²) in [4.78, 5) is 0. The zero-order valence-corrected chi connectivity index (χ0v) is 20.1. The number of rotatable bonds is 11. The first kappa shape index (κ1) is 26.0. The van der Waals surface area contributed by atoms with Crippen LogP contribution in [0, 0.1) is 11.3 Å². The molecule has 0 heterocycles. The van der Waals surface area contributed by atoms with Crippen molar-refractivity contribution in [2.75, 3.05) is 32.1 Å². The molecule has 0 aliphatic rings. The summed E-state index contributed by atoms with van der Waals surface area (Å²) in [5.41, 5.74) is 3.65. The van der Waals surface area contributed by atoms with Crippen molar-refractivity contribution in [3.63, 3.8) is 0 Å². The van der Waals surface area contributed by atoms with Crippen LogP contribution in [0.5, 0.6) is 17.2 Å². The molecule has 2 aromatic rings. The summed E-state index contributed by atoms with van der Waals surface area (Å²) in [7, 11) is 1.82. The molecule has 0 atom stereocenters. The molecule has 2 rings (SSSR count). The molecule has 0 bridgehead atoms. The van der Waals surface area contributed by atoms with Gasteiger partial charge in [0.25, 0.3) is 0 Å². The number of hydrogen-bond acceptors (Lipinski definition) is 6. The van der Waals surface area contributed by atoms with Crippen molar-refractivity contribution in [2.45, 2.75) is 0 Å². The monoisotopic (exact) mass is 502 g/mol. The normalized spacial score (nSPS) is 10.5. The first-order chi connectivity index (χ1) is 14.2. The molecule has 0 aliphatic heterocycles. The Morgan fingerprint density at radius 2 is 2.07 bits per heavy atom. The largest absolute Gasteiger partial charge is 0.688 e. The second-order valence-electron chi connectivity index (χ2n) is 5.70. The number of anilines is 1. The van der Waals surface area contributed by atoms with Gasteiger partial charge in [0.1, 0.15) is 5.75 Å². The van der Waals surface area contributed by atoms with Crippen LogP contribution in [0.15, 0.2) is 54.8 Å². The van der Waals surface area contributed by atoms with Gasteiger partial charge < -0.3 is 25.3 Å². The van der Waals surface area contributed by atoms with E-state index in [4.69, 9.17) is 31.5 Å². The molecule has 7 nitrogen and oxygen atoms in total. The van der Waals surface area contributed by atoms with Gasteiger partial charge in [-0.05, 0) is 42.0 Å². The first-order valence-corrected chi connectivity index (χ1v) is 9.22. The minimum Gasteiger partial charge on any atom is -0.688 e. The van der Waals surface area contributed by atoms with Crippen molar-refractivity contribution in [1.82, 2.24) is 5.48 Å². The van der Waals surface area contributed by atoms with Gasteiger partial charge in [0.05, 0.1) is 12.7 Å². The molecule has 2 aromatic carbocycles. The van der Waals surface area contributed by atoms with Crippen LogP contribution in [0.3, 0.4) is 0 Å². The van der Waals surface area contributed by atoms with Crippen molar-refractivity contribution in [3.8, 4) is 23.3 Å². The molecule has 0 saturated carbocycles. The zero-order chi connectivity index (χ0) is 20.9. The molecular formula is C21H22ClN4O3Y-. The number of nitrogens with one attached hydrogen (secondary N) is 2. The summed E-state index contributed by atoms with van der Waals surface area (Å²) in [5, 5.41) is 24.9. The molecule has 0 aliphatic carbocycles. The Morgan fingerprint density at radius 3 is 2.80 bits per heavy atom. The number of allylic oxidation sites excluding steroid dienone is 1. The Kier molecular flexibility index (Phi) is 12.8. The summed E-state index contributed by atoms with van der Waals surface area (Å²) in [5.74, 6) is 1.62. The molecule has 9 heteroatoms. The van der Waals surface area contributed by atoms with Crippen molar-refractivity contribution < 1.29 is 47.4 Å². The van der Waals surface area contributed by atoms with Crippen LogP contribution in [0.1, 0.15) is 5.56 Å². The van der Waals surface area contributed by atoms with Gasteiger partial charge in [0, 0.05) is 69.2 Å². The van der Waals surface area contributed by atoms with E-state index in [1.54, 1.807) is 42.6 Å². The second kappa shape index (κ2) is 14.8. The van der Waals surface area contributed by atoms with Crippen LogP contribution in [-0.2, 0) is 32.7 Å². The minimum atomic E-state index is 0. The number of hydroxylamine groups is 1. The van der Waals surface area contributed by atoms with Gasteiger partial charge in [-0.15, -0.1) is 0 Å². The van der Waals surface area contributed by atoms with E-state index in [2.05, 4.69) is 10.6 Å². The fourth-order valence-corrected chi connectivity index (χ4v) is 2.56. The third kappa shape index (κ3) is 9.16. The summed E-state index contributed by atoms with van der Waals surface area (Å²) in [6.07, 6.45) is 6.33. The fraction of sp³-hybridized carbons (Fsp3) is 0.190. The predicted molar refractivity (Wildman–Crippen MR) is 115 cm³/mol. The van der Waals surface area contributed by atoms with Crippen molar-refractivity contribution in [1.29, 1.82) is 5.26 Å². The molecule has 0 amide bonds. The van der Waals surface area contributed by atoms with Gasteiger partial charge in [0.2, 0.25) is 0 Å². The summed E-state index contributed by atoms with van der Waals surface area (Å²) < 4.78 is 11.8. The zero-order valence-electron chi connectivity index (χ0n) is 16.5. The van der Waals surface area contributed by atoms with Gasteiger partial charge in [-0.1, -0.05) is 24.2 Å². The average molecular weight is 503 g/mol. The maximum absolute atomic E-state index is 8.70. The smallest absolute Gasteiger partial charge is 0.169 e. The van der Waals surface area contributed by atoms with Crippen LogP contribution in [0.2, 0.25) is 5.02 Å². The number of halogens is 1. The maximum atomic E-state index is 8.70. The Hall–Kier alpha value is -2.08. The number of nitrogens with zero attached hydrogens (tertiary/aromatic N) is 2. The van der Waals surface area contributed by atoms with E-state index in [0.717, 1.165) is 11.3 Å². The fourth-order valence-electron chi connectivity index (χ4n) is 2.32. The van der Waals surface area contributed by atoms with E-state index in [1.807, 2.05) is 30.7 Å². The van der Waals surface area contributed by atoms with Gasteiger partial charge in [-0.3, -0.25) is 0 Å². The Labute approximate surface area is 206 Å². The van der Waals surface area contributed by atoms with Crippen molar-refractivity contribution >= 4 is 23.4 Å². The summed E-state index contributed by atoms with van der Waals surface area (Å²) in [6.45, 7) is 1.13. The van der Waals surface area contributed by atoms with Gasteiger partial charge in [-0.25, -0.2) is 5.48 Å². The molecule has 30 heavy (non-hydrogen) atoms. The Bertz CT molecular complexity index is 900. The molecule has 1 radical (unpaired) electrons. The number of benzene rings is 2. The van der Waals surface area contributed by atoms with Gasteiger partial charge in [0.15, 0.2) is 11.5 Å². The van der Waals surface area contributed by atoms with E-state index in [1.165, 1.54) is 6.08 Å². The number of hydrogen-bond donors (Lipinski definition) is 3. The van der Waals surface area contributed by atoms with Crippen molar-refractivity contribution in [2.24, 2.45) is 0 Å². The third-order valence-electron chi connectivity index (χ3n) is 3.60. The van der Waals surface area contributed by atoms with E-state index in [0.29, 0.717) is 42.0 Å². The van der Waals surface area contributed by atoms with Crippen LogP contribution in [0.4, 0.5) is 5.69 Å². The van der Waals surface area contributed by atoms with E-state index in [-0.39, 0.29) is 32.7 Å². The first-order valence-electron chi connectivity index (χ1n) is 8.84. The molecule has 0 unspecified atom stereocenters. The van der Waals surface area contributed by atoms with E-state index >= 15 is 0 Å². The predicted octanol–water partition coefficient (Wildman–Crippen LogP) is 4.95. The Balaban J connectivity index is 0.00000450. The quantitative estimate of drug-likeness (QED) is 0.228. The van der Waals surface area contributed by atoms with Gasteiger partial charge >= 0.3 is 0 Å². The van der Waals surface area contributed by atoms with Crippen molar-refractivity contribution in [3.05, 3.63) is 70.7 Å². The SMILES string of the molecule is CNc1ccc(Oc2cc(Cl)cc(/C=C/C#N)c2)c(OCC[N-]/C=C\CNO)c1.[Y]. The summed E-state index contributed by atoms with van der Waals surface area (Å²) in [6, 6.07) is 12.7. The molecule has 3 N–H and O–H groups in total. The third-order valence-corrected chi connectivity index (χ3v) is 3.82. The minimum absolute atomic E-state index is 0. The van der Waals surface area contributed by atoms with Crippen LogP contribution < -0.4 is 20.3 Å². The standard InChI is InChI=1S/C21H22ClN4O3.Y/c1-24-18-5-6-20(21(15-18)28-11-10-25-8-3-9-26-27)29-19-13-16(4-2-7-23)12-17(22)14-19;/h2-6,8,12-15,24,26-27H,9-11H2,1H3;/q-1;/b4-2+,8-3-;. The van der Waals surface area contributed by atoms with Crippen LogP contribution in [0.25, 0.3) is 11.4 Å². The topological polar surface area (TPSA) is 101 Å². The second-order valence-corrected chi connectivity index (χ2v) is 6.13. The average Bonchev–Trinajstić information content (AvgIpc) is 2.72. The summed E-state index contributed by atoms with van der Waals surface area (Å²) >= 11 is 6.16. The number of nitriles is 1. The van der Waals surface area contributed by atoms with Gasteiger partial charge in [-0.2, -0.15) is 11.5 Å². The maximum Gasteiger partial charge on any atom is 0.169 e. The van der Waals surface area contributed by atoms with E-state index < -0.39 is 0 Å². The molecule has 0 saturated heterocycles. The molecular weight excluding hydrogens is 481 g/mol. The molecule has 0 spiro atoms. The van der Waals surface area contributed by atoms with Crippen LogP contribution in [-0.4, -0.2) is 32.0 Å². The van der Waals surface area contributed by atoms with E-state index in [9.17, 15) is 0 Å².